The van der Waals surface area contributed by atoms with Gasteiger partial charge in [-0.1, -0.05) is 48.0 Å². The number of carbonyl (C=O) groups is 3. The molecule has 2 aliphatic heterocycles. The topological polar surface area (TPSA) is 91.0 Å². The van der Waals surface area contributed by atoms with E-state index in [-0.39, 0.29) is 18.2 Å². The Bertz CT molecular complexity index is 1290. The lowest BCUT2D eigenvalue weighted by atomic mass is 10.0. The van der Waals surface area contributed by atoms with E-state index in [2.05, 4.69) is 10.6 Å². The van der Waals surface area contributed by atoms with Crippen LogP contribution >= 0.6 is 0 Å². The van der Waals surface area contributed by atoms with E-state index >= 15 is 0 Å². The van der Waals surface area contributed by atoms with Gasteiger partial charge in [-0.2, -0.15) is 0 Å². The number of nitrogens with one attached hydrogen (secondary N) is 2. The summed E-state index contributed by atoms with van der Waals surface area (Å²) in [4.78, 5) is 43.3. The molecule has 3 aromatic rings. The van der Waals surface area contributed by atoms with Crippen molar-refractivity contribution >= 4 is 29.3 Å². The Morgan fingerprint density at radius 1 is 0.946 bits per heavy atom. The van der Waals surface area contributed by atoms with Gasteiger partial charge in [-0.15, -0.1) is 0 Å². The number of benzene rings is 3. The standard InChI is InChI=1S/C29H30N4O4/c1-20-8-10-21(11-9-20)26-19-27(34)31-24-18-22(28(35)32-16-5-14-30-15-17-32)12-13-25(24)33(26)29(36)37-23-6-3-2-4-7-23/h2-4,6-13,18,26,30H,5,14-17,19H2,1H3,(H,31,34). The summed E-state index contributed by atoms with van der Waals surface area (Å²) in [6.07, 6.45) is 0.320. The summed E-state index contributed by atoms with van der Waals surface area (Å²) < 4.78 is 5.73. The highest BCUT2D eigenvalue weighted by molar-refractivity contribution is 6.05. The van der Waals surface area contributed by atoms with Gasteiger partial charge < -0.3 is 20.3 Å². The van der Waals surface area contributed by atoms with Crippen molar-refractivity contribution in [3.8, 4) is 5.75 Å². The maximum absolute atomic E-state index is 13.6. The van der Waals surface area contributed by atoms with Crippen molar-refractivity contribution in [2.75, 3.05) is 36.4 Å². The highest BCUT2D eigenvalue weighted by atomic mass is 16.6. The maximum atomic E-state index is 13.6. The van der Waals surface area contributed by atoms with Crippen molar-refractivity contribution in [2.45, 2.75) is 25.8 Å². The number of fused-ring (bicyclic) bond motifs is 1. The van der Waals surface area contributed by atoms with Gasteiger partial charge in [0.1, 0.15) is 5.75 Å². The second kappa shape index (κ2) is 10.8. The first-order valence-electron chi connectivity index (χ1n) is 12.6. The molecule has 3 aromatic carbocycles. The molecule has 0 aliphatic carbocycles. The first-order chi connectivity index (χ1) is 18.0. The fourth-order valence-corrected chi connectivity index (χ4v) is 4.77. The number of nitrogens with zero attached hydrogens (tertiary/aromatic N) is 2. The summed E-state index contributed by atoms with van der Waals surface area (Å²) in [5.74, 6) is 0.0608. The van der Waals surface area contributed by atoms with Crippen LogP contribution in [0.4, 0.5) is 16.2 Å². The minimum atomic E-state index is -0.604. The third-order valence-electron chi connectivity index (χ3n) is 6.70. The van der Waals surface area contributed by atoms with Gasteiger partial charge in [-0.05, 0) is 55.8 Å². The van der Waals surface area contributed by atoms with Gasteiger partial charge in [0.2, 0.25) is 5.91 Å². The Morgan fingerprint density at radius 3 is 2.51 bits per heavy atom. The van der Waals surface area contributed by atoms with Crippen LogP contribution in [0.2, 0.25) is 0 Å². The number of rotatable bonds is 3. The van der Waals surface area contributed by atoms with Crippen LogP contribution in [-0.2, 0) is 4.79 Å². The monoisotopic (exact) mass is 498 g/mol. The Balaban J connectivity index is 1.54. The molecular weight excluding hydrogens is 468 g/mol. The van der Waals surface area contributed by atoms with Crippen LogP contribution < -0.4 is 20.3 Å². The van der Waals surface area contributed by atoms with Crippen molar-refractivity contribution in [2.24, 2.45) is 0 Å². The molecule has 8 nitrogen and oxygen atoms in total. The van der Waals surface area contributed by atoms with E-state index in [0.29, 0.717) is 35.8 Å². The number of hydrogen-bond donors (Lipinski definition) is 2. The van der Waals surface area contributed by atoms with Gasteiger partial charge in [0.15, 0.2) is 0 Å². The van der Waals surface area contributed by atoms with Crippen LogP contribution in [0.25, 0.3) is 0 Å². The lowest BCUT2D eigenvalue weighted by molar-refractivity contribution is -0.116. The smallest absolute Gasteiger partial charge is 0.410 e. The molecule has 2 heterocycles. The Hall–Kier alpha value is -4.17. The first kappa shape index (κ1) is 24.5. The number of aryl methyl sites for hydroxylation is 1. The second-order valence-corrected chi connectivity index (χ2v) is 9.36. The largest absolute Gasteiger partial charge is 0.420 e. The van der Waals surface area contributed by atoms with E-state index in [1.54, 1.807) is 42.5 Å². The van der Waals surface area contributed by atoms with Gasteiger partial charge >= 0.3 is 6.09 Å². The molecule has 0 aromatic heterocycles. The van der Waals surface area contributed by atoms with Gasteiger partial charge in [0, 0.05) is 25.2 Å². The Morgan fingerprint density at radius 2 is 1.73 bits per heavy atom. The highest BCUT2D eigenvalue weighted by Crippen LogP contribution is 2.39. The summed E-state index contributed by atoms with van der Waals surface area (Å²) >= 11 is 0. The number of ether oxygens (including phenoxy) is 1. The molecule has 0 saturated carbocycles. The molecule has 8 heteroatoms. The van der Waals surface area contributed by atoms with E-state index in [9.17, 15) is 14.4 Å². The molecule has 1 unspecified atom stereocenters. The minimum Gasteiger partial charge on any atom is -0.410 e. The molecule has 1 saturated heterocycles. The number of anilines is 2. The lowest BCUT2D eigenvalue weighted by Crippen LogP contribution is -2.37. The van der Waals surface area contributed by atoms with E-state index in [0.717, 1.165) is 30.6 Å². The zero-order valence-electron chi connectivity index (χ0n) is 20.8. The fourth-order valence-electron chi connectivity index (χ4n) is 4.77. The van der Waals surface area contributed by atoms with Crippen molar-refractivity contribution in [1.82, 2.24) is 10.2 Å². The predicted molar refractivity (Wildman–Crippen MR) is 142 cm³/mol. The SMILES string of the molecule is Cc1ccc(C2CC(=O)Nc3cc(C(=O)N4CCCNCC4)ccc3N2C(=O)Oc2ccccc2)cc1. The normalized spacial score (nSPS) is 17.8. The zero-order chi connectivity index (χ0) is 25.8. The summed E-state index contributed by atoms with van der Waals surface area (Å²) in [7, 11) is 0. The quantitative estimate of drug-likeness (QED) is 0.554. The molecule has 37 heavy (non-hydrogen) atoms. The lowest BCUT2D eigenvalue weighted by Gasteiger charge is -2.30. The van der Waals surface area contributed by atoms with E-state index in [1.807, 2.05) is 42.2 Å². The molecule has 0 bridgehead atoms. The fraction of sp³-hybridized carbons (Fsp3) is 0.276. The number of para-hydroxylation sites is 1. The maximum Gasteiger partial charge on any atom is 0.420 e. The highest BCUT2D eigenvalue weighted by Gasteiger charge is 2.35. The summed E-state index contributed by atoms with van der Waals surface area (Å²) in [6, 6.07) is 21.1. The van der Waals surface area contributed by atoms with Gasteiger partial charge in [0.25, 0.3) is 5.91 Å². The minimum absolute atomic E-state index is 0.0444. The molecule has 0 spiro atoms. The summed E-state index contributed by atoms with van der Waals surface area (Å²) in [5.41, 5.74) is 3.24. The predicted octanol–water partition coefficient (Wildman–Crippen LogP) is 4.52. The van der Waals surface area contributed by atoms with Crippen LogP contribution in [0.5, 0.6) is 5.75 Å². The number of carbonyl (C=O) groups excluding carboxylic acids is 3. The third-order valence-corrected chi connectivity index (χ3v) is 6.70. The molecule has 190 valence electrons. The molecule has 0 radical (unpaired) electrons. The van der Waals surface area contributed by atoms with Crippen LogP contribution in [0.15, 0.2) is 72.8 Å². The average molecular weight is 499 g/mol. The van der Waals surface area contributed by atoms with E-state index < -0.39 is 12.1 Å². The molecular formula is C29H30N4O4. The van der Waals surface area contributed by atoms with Crippen molar-refractivity contribution < 1.29 is 19.1 Å². The number of amides is 3. The second-order valence-electron chi connectivity index (χ2n) is 9.36. The van der Waals surface area contributed by atoms with Crippen LogP contribution in [0, 0.1) is 6.92 Å². The van der Waals surface area contributed by atoms with Crippen molar-refractivity contribution in [3.05, 3.63) is 89.5 Å². The molecule has 2 aliphatic rings. The Labute approximate surface area is 216 Å². The van der Waals surface area contributed by atoms with Crippen LogP contribution in [0.3, 0.4) is 0 Å². The van der Waals surface area contributed by atoms with Crippen molar-refractivity contribution in [3.63, 3.8) is 0 Å². The van der Waals surface area contributed by atoms with Gasteiger partial charge in [-0.25, -0.2) is 4.79 Å². The van der Waals surface area contributed by atoms with Crippen molar-refractivity contribution in [1.29, 1.82) is 0 Å². The van der Waals surface area contributed by atoms with Gasteiger partial charge in [-0.3, -0.25) is 14.5 Å². The van der Waals surface area contributed by atoms with Crippen LogP contribution in [-0.4, -0.2) is 49.0 Å². The summed E-state index contributed by atoms with van der Waals surface area (Å²) in [6.45, 7) is 4.89. The molecule has 5 rings (SSSR count). The first-order valence-corrected chi connectivity index (χ1v) is 12.6. The van der Waals surface area contributed by atoms with E-state index in [4.69, 9.17) is 4.74 Å². The molecule has 1 fully saturated rings. The Kier molecular flexibility index (Phi) is 7.18. The third kappa shape index (κ3) is 5.49. The zero-order valence-corrected chi connectivity index (χ0v) is 20.8. The molecule has 3 amide bonds. The molecule has 1 atom stereocenters. The summed E-state index contributed by atoms with van der Waals surface area (Å²) in [5, 5.41) is 6.22. The molecule has 2 N–H and O–H groups in total. The van der Waals surface area contributed by atoms with Crippen LogP contribution in [0.1, 0.15) is 40.4 Å². The van der Waals surface area contributed by atoms with Gasteiger partial charge in [0.05, 0.1) is 23.8 Å². The van der Waals surface area contributed by atoms with E-state index in [1.165, 1.54) is 4.90 Å². The average Bonchev–Trinajstić information content (AvgIpc) is 3.26. The number of hydrogen-bond acceptors (Lipinski definition) is 5.